The molecular weight excluding hydrogens is 364 g/mol. The lowest BCUT2D eigenvalue weighted by atomic mass is 10.1. The molecule has 0 radical (unpaired) electrons. The molecule has 2 aromatic carbocycles. The molecule has 0 fully saturated rings. The van der Waals surface area contributed by atoms with Crippen molar-refractivity contribution in [1.29, 1.82) is 0 Å². The molecule has 2 rings (SSSR count). The molecule has 0 saturated heterocycles. The van der Waals surface area contributed by atoms with Gasteiger partial charge in [-0.3, -0.25) is 10.1 Å². The summed E-state index contributed by atoms with van der Waals surface area (Å²) in [7, 11) is 1.59. The number of carbonyl (C=O) groups is 1. The number of hydrogen-bond acceptors (Lipinski definition) is 3. The van der Waals surface area contributed by atoms with Gasteiger partial charge in [0.25, 0.3) is 5.91 Å². The van der Waals surface area contributed by atoms with Crippen LogP contribution in [0.2, 0.25) is 0 Å². The zero-order chi connectivity index (χ0) is 16.1. The molecule has 4 nitrogen and oxygen atoms in total. The zero-order valence-electron chi connectivity index (χ0n) is 12.1. The second-order valence-electron chi connectivity index (χ2n) is 4.60. The van der Waals surface area contributed by atoms with E-state index in [1.165, 1.54) is 0 Å². The first kappa shape index (κ1) is 16.5. The Kier molecular flexibility index (Phi) is 5.51. The summed E-state index contributed by atoms with van der Waals surface area (Å²) in [5, 5.41) is 5.83. The van der Waals surface area contributed by atoms with Crippen molar-refractivity contribution in [3.63, 3.8) is 0 Å². The van der Waals surface area contributed by atoms with Gasteiger partial charge >= 0.3 is 0 Å². The zero-order valence-corrected chi connectivity index (χ0v) is 14.5. The van der Waals surface area contributed by atoms with Gasteiger partial charge in [0.05, 0.1) is 7.11 Å². The van der Waals surface area contributed by atoms with E-state index in [0.29, 0.717) is 11.3 Å². The van der Waals surface area contributed by atoms with Crippen LogP contribution >= 0.6 is 28.1 Å². The molecular formula is C16H15BrN2O2S. The number of benzene rings is 2. The van der Waals surface area contributed by atoms with Crippen molar-refractivity contribution >= 4 is 44.9 Å². The molecule has 114 valence electrons. The Labute approximate surface area is 143 Å². The Hall–Kier alpha value is -1.92. The number of rotatable bonds is 3. The molecule has 0 spiro atoms. The van der Waals surface area contributed by atoms with Gasteiger partial charge < -0.3 is 10.1 Å². The van der Waals surface area contributed by atoms with Crippen LogP contribution in [0.4, 0.5) is 5.69 Å². The monoisotopic (exact) mass is 378 g/mol. The van der Waals surface area contributed by atoms with Gasteiger partial charge in [-0.1, -0.05) is 28.1 Å². The molecule has 0 aliphatic rings. The molecule has 0 heterocycles. The van der Waals surface area contributed by atoms with Crippen LogP contribution in [-0.4, -0.2) is 18.1 Å². The summed E-state index contributed by atoms with van der Waals surface area (Å²) in [5.74, 6) is 0.447. The first-order chi connectivity index (χ1) is 10.5. The minimum absolute atomic E-state index is 0.231. The number of anilines is 1. The molecule has 6 heteroatoms. The molecule has 0 aliphatic carbocycles. The lowest BCUT2D eigenvalue weighted by molar-refractivity contribution is 0.0977. The molecule has 0 atom stereocenters. The van der Waals surface area contributed by atoms with Crippen LogP contribution in [0.5, 0.6) is 5.75 Å². The van der Waals surface area contributed by atoms with E-state index in [2.05, 4.69) is 26.6 Å². The Morgan fingerprint density at radius 1 is 1.23 bits per heavy atom. The molecule has 2 aromatic rings. The molecule has 1 amide bonds. The van der Waals surface area contributed by atoms with Crippen LogP contribution in [0, 0.1) is 6.92 Å². The average Bonchev–Trinajstić information content (AvgIpc) is 2.50. The van der Waals surface area contributed by atoms with Crippen LogP contribution in [0.25, 0.3) is 0 Å². The number of hydrogen-bond donors (Lipinski definition) is 2. The maximum absolute atomic E-state index is 12.1. The molecule has 22 heavy (non-hydrogen) atoms. The molecule has 0 bridgehead atoms. The van der Waals surface area contributed by atoms with E-state index < -0.39 is 0 Å². The molecule has 0 saturated carbocycles. The summed E-state index contributed by atoms with van der Waals surface area (Å²) in [6.07, 6.45) is 0. The third-order valence-corrected chi connectivity index (χ3v) is 4.05. The van der Waals surface area contributed by atoms with Crippen LogP contribution in [0.15, 0.2) is 46.9 Å². The summed E-state index contributed by atoms with van der Waals surface area (Å²) in [4.78, 5) is 12.1. The van der Waals surface area contributed by atoms with E-state index >= 15 is 0 Å². The van der Waals surface area contributed by atoms with Gasteiger partial charge in [-0.15, -0.1) is 0 Å². The van der Waals surface area contributed by atoms with Gasteiger partial charge in [-0.05, 0) is 49.0 Å². The molecule has 2 N–H and O–H groups in total. The Morgan fingerprint density at radius 3 is 2.68 bits per heavy atom. The predicted octanol–water partition coefficient (Wildman–Crippen LogP) is 3.89. The lowest BCUT2D eigenvalue weighted by Gasteiger charge is -2.11. The number of ether oxygens (including phenoxy) is 1. The third kappa shape index (κ3) is 4.29. The fourth-order valence-electron chi connectivity index (χ4n) is 1.77. The van der Waals surface area contributed by atoms with Crippen molar-refractivity contribution in [1.82, 2.24) is 5.32 Å². The van der Waals surface area contributed by atoms with Gasteiger partial charge in [-0.2, -0.15) is 0 Å². The maximum Gasteiger partial charge on any atom is 0.257 e. The van der Waals surface area contributed by atoms with Gasteiger partial charge in [-0.25, -0.2) is 0 Å². The van der Waals surface area contributed by atoms with E-state index in [4.69, 9.17) is 17.0 Å². The highest BCUT2D eigenvalue weighted by Crippen LogP contribution is 2.18. The number of thiocarbonyl (C=S) groups is 1. The highest BCUT2D eigenvalue weighted by Gasteiger charge is 2.09. The van der Waals surface area contributed by atoms with E-state index in [0.717, 1.165) is 15.7 Å². The van der Waals surface area contributed by atoms with E-state index in [9.17, 15) is 4.79 Å². The van der Waals surface area contributed by atoms with Crippen molar-refractivity contribution < 1.29 is 9.53 Å². The van der Waals surface area contributed by atoms with Crippen molar-refractivity contribution in [2.24, 2.45) is 0 Å². The van der Waals surface area contributed by atoms with Crippen LogP contribution in [0.3, 0.4) is 0 Å². The standard InChI is InChI=1S/C16H15BrN2O2S/c1-10-6-7-11(8-14(10)17)15(20)19-16(22)18-12-4-3-5-13(9-12)21-2/h3-9H,1-2H3,(H2,18,19,20,22). The largest absolute Gasteiger partial charge is 0.497 e. The molecule has 0 aliphatic heterocycles. The first-order valence-electron chi connectivity index (χ1n) is 6.52. The Morgan fingerprint density at radius 2 is 2.00 bits per heavy atom. The Balaban J connectivity index is 2.01. The minimum Gasteiger partial charge on any atom is -0.497 e. The van der Waals surface area contributed by atoms with Gasteiger partial charge in [0, 0.05) is 21.8 Å². The summed E-state index contributed by atoms with van der Waals surface area (Å²) in [5.41, 5.74) is 2.34. The first-order valence-corrected chi connectivity index (χ1v) is 7.72. The number of methoxy groups -OCH3 is 1. The fraction of sp³-hybridized carbons (Fsp3) is 0.125. The van der Waals surface area contributed by atoms with Crippen molar-refractivity contribution in [3.8, 4) is 5.75 Å². The minimum atomic E-state index is -0.263. The van der Waals surface area contributed by atoms with Crippen LogP contribution in [-0.2, 0) is 0 Å². The lowest BCUT2D eigenvalue weighted by Crippen LogP contribution is -2.34. The molecule has 0 unspecified atom stereocenters. The number of amides is 1. The van der Waals surface area contributed by atoms with Crippen LogP contribution in [0.1, 0.15) is 15.9 Å². The number of carbonyl (C=O) groups excluding carboxylic acids is 1. The van der Waals surface area contributed by atoms with Gasteiger partial charge in [0.1, 0.15) is 5.75 Å². The maximum atomic E-state index is 12.1. The average molecular weight is 379 g/mol. The second kappa shape index (κ2) is 7.38. The topological polar surface area (TPSA) is 50.4 Å². The fourth-order valence-corrected chi connectivity index (χ4v) is 2.36. The summed E-state index contributed by atoms with van der Waals surface area (Å²) >= 11 is 8.56. The van der Waals surface area contributed by atoms with E-state index in [1.807, 2.05) is 31.2 Å². The van der Waals surface area contributed by atoms with Crippen molar-refractivity contribution in [2.45, 2.75) is 6.92 Å². The summed E-state index contributed by atoms with van der Waals surface area (Å²) < 4.78 is 6.02. The van der Waals surface area contributed by atoms with E-state index in [1.54, 1.807) is 25.3 Å². The smallest absolute Gasteiger partial charge is 0.257 e. The van der Waals surface area contributed by atoms with Crippen LogP contribution < -0.4 is 15.4 Å². The summed E-state index contributed by atoms with van der Waals surface area (Å²) in [6, 6.07) is 12.7. The Bertz CT molecular complexity index is 719. The SMILES string of the molecule is COc1cccc(NC(=S)NC(=O)c2ccc(C)c(Br)c2)c1. The second-order valence-corrected chi connectivity index (χ2v) is 5.87. The summed E-state index contributed by atoms with van der Waals surface area (Å²) in [6.45, 7) is 1.96. The third-order valence-electron chi connectivity index (χ3n) is 2.99. The number of halogens is 1. The van der Waals surface area contributed by atoms with Crippen molar-refractivity contribution in [3.05, 3.63) is 58.1 Å². The highest BCUT2D eigenvalue weighted by atomic mass is 79.9. The number of aryl methyl sites for hydroxylation is 1. The van der Waals surface area contributed by atoms with Gasteiger partial charge in [0.15, 0.2) is 5.11 Å². The predicted molar refractivity (Wildman–Crippen MR) is 95.6 cm³/mol. The highest BCUT2D eigenvalue weighted by molar-refractivity contribution is 9.10. The van der Waals surface area contributed by atoms with E-state index in [-0.39, 0.29) is 11.0 Å². The van der Waals surface area contributed by atoms with Gasteiger partial charge in [0.2, 0.25) is 0 Å². The molecule has 0 aromatic heterocycles. The quantitative estimate of drug-likeness (QED) is 0.795. The number of nitrogens with one attached hydrogen (secondary N) is 2. The normalized spacial score (nSPS) is 9.95. The van der Waals surface area contributed by atoms with Crippen molar-refractivity contribution in [2.75, 3.05) is 12.4 Å².